The van der Waals surface area contributed by atoms with Crippen LogP contribution >= 0.6 is 0 Å². The van der Waals surface area contributed by atoms with E-state index in [0.29, 0.717) is 18.8 Å². The lowest BCUT2D eigenvalue weighted by Crippen LogP contribution is -2.30. The Kier molecular flexibility index (Phi) is 7.15. The van der Waals surface area contributed by atoms with E-state index in [-0.39, 0.29) is 34.5 Å². The molecule has 0 aliphatic heterocycles. The highest BCUT2D eigenvalue weighted by atomic mass is 19.4. The first-order valence-corrected chi connectivity index (χ1v) is 8.85. The van der Waals surface area contributed by atoms with Crippen molar-refractivity contribution in [1.82, 2.24) is 9.97 Å². The molecular formula is C18H17F3N8O2. The van der Waals surface area contributed by atoms with E-state index in [2.05, 4.69) is 20.2 Å². The molecule has 1 heterocycles. The van der Waals surface area contributed by atoms with E-state index in [0.717, 1.165) is 0 Å². The molecule has 13 heteroatoms. The summed E-state index contributed by atoms with van der Waals surface area (Å²) in [5, 5.41) is 27.2. The third-order valence-electron chi connectivity index (χ3n) is 4.07. The van der Waals surface area contributed by atoms with Crippen LogP contribution in [0.2, 0.25) is 0 Å². The molecule has 1 aromatic carbocycles. The van der Waals surface area contributed by atoms with Gasteiger partial charge in [-0.05, 0) is 19.9 Å². The van der Waals surface area contributed by atoms with E-state index in [1.807, 2.05) is 18.7 Å². The SMILES string of the molecule is CCN(CC)c1cc(NC(=O)C(F)(F)F)c(/N=N/c2nc(C#N)c(C#N)[nH]2)cc1OC. The monoisotopic (exact) mass is 434 g/mol. The van der Waals surface area contributed by atoms with Gasteiger partial charge < -0.3 is 19.9 Å². The number of aromatic amines is 1. The lowest BCUT2D eigenvalue weighted by molar-refractivity contribution is -0.167. The predicted molar refractivity (Wildman–Crippen MR) is 103 cm³/mol. The summed E-state index contributed by atoms with van der Waals surface area (Å²) >= 11 is 0. The van der Waals surface area contributed by atoms with Crippen LogP contribution in [0.4, 0.5) is 36.2 Å². The Labute approximate surface area is 175 Å². The fourth-order valence-electron chi connectivity index (χ4n) is 2.58. The minimum atomic E-state index is -5.12. The van der Waals surface area contributed by atoms with E-state index in [9.17, 15) is 18.0 Å². The highest BCUT2D eigenvalue weighted by molar-refractivity contribution is 5.98. The number of alkyl halides is 3. The summed E-state index contributed by atoms with van der Waals surface area (Å²) in [6, 6.07) is 6.02. The summed E-state index contributed by atoms with van der Waals surface area (Å²) in [6.45, 7) is 4.75. The number of hydrogen-bond donors (Lipinski definition) is 2. The van der Waals surface area contributed by atoms with Crippen molar-refractivity contribution in [3.8, 4) is 17.9 Å². The first kappa shape index (κ1) is 23.2. The number of azo groups is 1. The summed E-state index contributed by atoms with van der Waals surface area (Å²) in [4.78, 5) is 19.5. The van der Waals surface area contributed by atoms with Gasteiger partial charge in [0.25, 0.3) is 0 Å². The normalized spacial score (nSPS) is 11.1. The average Bonchev–Trinajstić information content (AvgIpc) is 3.15. The molecule has 0 aliphatic rings. The molecule has 1 amide bonds. The molecule has 0 saturated heterocycles. The first-order valence-electron chi connectivity index (χ1n) is 8.85. The topological polar surface area (TPSA) is 143 Å². The van der Waals surface area contributed by atoms with Gasteiger partial charge in [-0.2, -0.15) is 28.7 Å². The van der Waals surface area contributed by atoms with E-state index in [4.69, 9.17) is 15.3 Å². The quantitative estimate of drug-likeness (QED) is 0.632. The Bertz CT molecular complexity index is 1040. The van der Waals surface area contributed by atoms with Gasteiger partial charge >= 0.3 is 12.1 Å². The fourth-order valence-corrected chi connectivity index (χ4v) is 2.58. The number of imidazole rings is 1. The summed E-state index contributed by atoms with van der Waals surface area (Å²) in [6.07, 6.45) is -5.12. The van der Waals surface area contributed by atoms with Crippen LogP contribution < -0.4 is 15.0 Å². The Balaban J connectivity index is 2.58. The van der Waals surface area contributed by atoms with Crippen molar-refractivity contribution < 1.29 is 22.7 Å². The molecule has 31 heavy (non-hydrogen) atoms. The Morgan fingerprint density at radius 1 is 1.26 bits per heavy atom. The second-order valence-electron chi connectivity index (χ2n) is 5.87. The molecule has 2 aromatic rings. The van der Waals surface area contributed by atoms with Crippen LogP contribution in [0.5, 0.6) is 5.75 Å². The van der Waals surface area contributed by atoms with Crippen molar-refractivity contribution in [2.75, 3.05) is 30.4 Å². The summed E-state index contributed by atoms with van der Waals surface area (Å²) < 4.78 is 43.7. The minimum absolute atomic E-state index is 0.142. The second-order valence-corrected chi connectivity index (χ2v) is 5.87. The summed E-state index contributed by atoms with van der Waals surface area (Å²) in [5.41, 5.74) is -0.325. The van der Waals surface area contributed by atoms with Crippen LogP contribution in [0, 0.1) is 22.7 Å². The molecule has 0 aliphatic carbocycles. The Morgan fingerprint density at radius 2 is 1.94 bits per heavy atom. The smallest absolute Gasteiger partial charge is 0.471 e. The molecule has 2 N–H and O–H groups in total. The van der Waals surface area contributed by atoms with Crippen molar-refractivity contribution in [2.45, 2.75) is 20.0 Å². The standard InChI is InChI=1S/C18H17F3N8O2/c1-4-29(5-2)14-6-10(24-16(30)18(19,20)21)11(7-15(14)31-3)27-28-17-25-12(8-22)13(9-23)26-17/h6-7H,4-5H2,1-3H3,(H,24,30)(H,25,26)/b28-27+. The van der Waals surface area contributed by atoms with Crippen molar-refractivity contribution in [3.05, 3.63) is 23.5 Å². The average molecular weight is 434 g/mol. The Hall–Kier alpha value is -4.13. The zero-order chi connectivity index (χ0) is 23.2. The number of nitriles is 2. The lowest BCUT2D eigenvalue weighted by Gasteiger charge is -2.24. The van der Waals surface area contributed by atoms with Crippen molar-refractivity contribution in [2.24, 2.45) is 10.2 Å². The molecule has 0 spiro atoms. The molecule has 162 valence electrons. The largest absolute Gasteiger partial charge is 0.494 e. The van der Waals surface area contributed by atoms with Crippen molar-refractivity contribution in [1.29, 1.82) is 10.5 Å². The third-order valence-corrected chi connectivity index (χ3v) is 4.07. The lowest BCUT2D eigenvalue weighted by atomic mass is 10.2. The minimum Gasteiger partial charge on any atom is -0.494 e. The number of carbonyl (C=O) groups excluding carboxylic acids is 1. The molecule has 0 saturated carbocycles. The number of methoxy groups -OCH3 is 1. The molecule has 0 fully saturated rings. The van der Waals surface area contributed by atoms with Gasteiger partial charge in [-0.15, -0.1) is 10.2 Å². The summed E-state index contributed by atoms with van der Waals surface area (Å²) in [5.74, 6) is -2.11. The molecule has 1 aromatic heterocycles. The second kappa shape index (κ2) is 9.58. The zero-order valence-corrected chi connectivity index (χ0v) is 16.7. The fraction of sp³-hybridized carbons (Fsp3) is 0.333. The Morgan fingerprint density at radius 3 is 2.42 bits per heavy atom. The number of aromatic nitrogens is 2. The van der Waals surface area contributed by atoms with Crippen LogP contribution in [0.1, 0.15) is 25.2 Å². The van der Waals surface area contributed by atoms with Gasteiger partial charge in [0.2, 0.25) is 5.95 Å². The number of halogens is 3. The van der Waals surface area contributed by atoms with Crippen molar-refractivity contribution in [3.63, 3.8) is 0 Å². The van der Waals surface area contributed by atoms with Crippen molar-refractivity contribution >= 4 is 28.9 Å². The van der Waals surface area contributed by atoms with Gasteiger partial charge in [-0.1, -0.05) is 0 Å². The highest BCUT2D eigenvalue weighted by Crippen LogP contribution is 2.39. The van der Waals surface area contributed by atoms with E-state index in [1.165, 1.54) is 19.2 Å². The number of anilines is 2. The maximum atomic E-state index is 12.8. The number of amides is 1. The van der Waals surface area contributed by atoms with Crippen LogP contribution in [0.3, 0.4) is 0 Å². The van der Waals surface area contributed by atoms with Gasteiger partial charge in [0.1, 0.15) is 23.6 Å². The number of ether oxygens (including phenoxy) is 1. The predicted octanol–water partition coefficient (Wildman–Crippen LogP) is 3.92. The number of rotatable bonds is 7. The van der Waals surface area contributed by atoms with Crippen LogP contribution in [0.15, 0.2) is 22.4 Å². The van der Waals surface area contributed by atoms with Gasteiger partial charge in [-0.3, -0.25) is 4.79 Å². The molecular weight excluding hydrogens is 417 g/mol. The number of H-pyrrole nitrogens is 1. The third kappa shape index (κ3) is 5.27. The van der Waals surface area contributed by atoms with E-state index < -0.39 is 12.1 Å². The van der Waals surface area contributed by atoms with Crippen LogP contribution in [-0.4, -0.2) is 42.3 Å². The highest BCUT2D eigenvalue weighted by Gasteiger charge is 2.39. The number of nitrogens with one attached hydrogen (secondary N) is 2. The number of carbonyl (C=O) groups is 1. The van der Waals surface area contributed by atoms with Gasteiger partial charge in [0.05, 0.1) is 18.5 Å². The molecule has 0 unspecified atom stereocenters. The zero-order valence-electron chi connectivity index (χ0n) is 16.7. The molecule has 0 atom stereocenters. The molecule has 10 nitrogen and oxygen atoms in total. The molecule has 0 bridgehead atoms. The number of nitrogens with zero attached hydrogens (tertiary/aromatic N) is 6. The van der Waals surface area contributed by atoms with Gasteiger partial charge in [-0.25, -0.2) is 0 Å². The van der Waals surface area contributed by atoms with Crippen LogP contribution in [0.25, 0.3) is 0 Å². The van der Waals surface area contributed by atoms with Gasteiger partial charge in [0.15, 0.2) is 11.4 Å². The number of benzene rings is 1. The summed E-state index contributed by atoms with van der Waals surface area (Å²) in [7, 11) is 1.38. The van der Waals surface area contributed by atoms with Gasteiger partial charge in [0, 0.05) is 19.2 Å². The van der Waals surface area contributed by atoms with E-state index in [1.54, 1.807) is 17.5 Å². The maximum absolute atomic E-state index is 12.8. The van der Waals surface area contributed by atoms with E-state index >= 15 is 0 Å². The first-order chi connectivity index (χ1) is 14.7. The maximum Gasteiger partial charge on any atom is 0.471 e. The molecule has 0 radical (unpaired) electrons. The van der Waals surface area contributed by atoms with Crippen LogP contribution in [-0.2, 0) is 4.79 Å². The molecule has 2 rings (SSSR count). The number of hydrogen-bond acceptors (Lipinski definition) is 8.